The van der Waals surface area contributed by atoms with Gasteiger partial charge in [0.25, 0.3) is 0 Å². The van der Waals surface area contributed by atoms with E-state index in [1.54, 1.807) is 30.6 Å². The number of ether oxygens (including phenoxy) is 1. The number of aliphatic hydroxyl groups is 1. The number of aryl methyl sites for hydroxylation is 1. The van der Waals surface area contributed by atoms with Crippen LogP contribution in [0.25, 0.3) is 21.6 Å². The number of nitrogens with zero attached hydrogens (tertiary/aromatic N) is 1. The zero-order valence-corrected chi connectivity index (χ0v) is 17.3. The predicted octanol–water partition coefficient (Wildman–Crippen LogP) is 4.73. The average molecular weight is 377 g/mol. The molecule has 142 valence electrons. The third kappa shape index (κ3) is 4.51. The lowest BCUT2D eigenvalue weighted by Crippen LogP contribution is -2.04. The SMILES string of the molecule is CC.CO.COc1ccc2c(=O)cc(-c3nc(C(C)C)cs3)[nH]c2c1C. The van der Waals surface area contributed by atoms with E-state index in [1.807, 2.05) is 32.2 Å². The molecule has 0 atom stereocenters. The van der Waals surface area contributed by atoms with Gasteiger partial charge in [-0.1, -0.05) is 27.7 Å². The Morgan fingerprint density at radius 3 is 2.42 bits per heavy atom. The summed E-state index contributed by atoms with van der Waals surface area (Å²) in [5.74, 6) is 1.14. The number of aromatic amines is 1. The lowest BCUT2D eigenvalue weighted by Gasteiger charge is -2.09. The molecule has 0 aliphatic heterocycles. The molecule has 1 aromatic carbocycles. The number of hydrogen-bond acceptors (Lipinski definition) is 5. The van der Waals surface area contributed by atoms with Crippen LogP contribution in [0.5, 0.6) is 5.75 Å². The summed E-state index contributed by atoms with van der Waals surface area (Å²) in [7, 11) is 2.63. The molecule has 0 saturated carbocycles. The highest BCUT2D eigenvalue weighted by Gasteiger charge is 2.12. The summed E-state index contributed by atoms with van der Waals surface area (Å²) in [6.07, 6.45) is 0. The zero-order valence-electron chi connectivity index (χ0n) is 16.5. The number of benzene rings is 1. The molecule has 0 spiro atoms. The molecule has 0 unspecified atom stereocenters. The predicted molar refractivity (Wildman–Crippen MR) is 111 cm³/mol. The largest absolute Gasteiger partial charge is 0.496 e. The van der Waals surface area contributed by atoms with Crippen molar-refractivity contribution in [3.63, 3.8) is 0 Å². The molecular weight excluding hydrogens is 348 g/mol. The molecule has 0 bridgehead atoms. The molecule has 26 heavy (non-hydrogen) atoms. The second kappa shape index (κ2) is 10.1. The number of methoxy groups -OCH3 is 1. The average Bonchev–Trinajstić information content (AvgIpc) is 3.16. The van der Waals surface area contributed by atoms with Crippen LogP contribution in [0.3, 0.4) is 0 Å². The fraction of sp³-hybridized carbons (Fsp3) is 0.400. The fourth-order valence-corrected chi connectivity index (χ4v) is 3.40. The molecule has 5 nitrogen and oxygen atoms in total. The summed E-state index contributed by atoms with van der Waals surface area (Å²) in [6, 6.07) is 5.25. The highest BCUT2D eigenvalue weighted by atomic mass is 32.1. The number of aliphatic hydroxyl groups excluding tert-OH is 1. The molecule has 0 aliphatic carbocycles. The molecule has 3 aromatic rings. The third-order valence-electron chi connectivity index (χ3n) is 3.78. The second-order valence-corrected chi connectivity index (χ2v) is 6.45. The van der Waals surface area contributed by atoms with Gasteiger partial charge in [0.1, 0.15) is 10.8 Å². The van der Waals surface area contributed by atoms with Crippen molar-refractivity contribution in [3.8, 4) is 16.5 Å². The van der Waals surface area contributed by atoms with E-state index < -0.39 is 0 Å². The first-order valence-electron chi connectivity index (χ1n) is 8.62. The van der Waals surface area contributed by atoms with Gasteiger partial charge >= 0.3 is 0 Å². The van der Waals surface area contributed by atoms with Crippen LogP contribution in [0.2, 0.25) is 0 Å². The highest BCUT2D eigenvalue weighted by Crippen LogP contribution is 2.28. The van der Waals surface area contributed by atoms with Gasteiger partial charge in [-0.2, -0.15) is 0 Å². The van der Waals surface area contributed by atoms with Gasteiger partial charge in [0.15, 0.2) is 5.43 Å². The first-order chi connectivity index (χ1) is 12.5. The molecule has 3 rings (SSSR count). The first-order valence-corrected chi connectivity index (χ1v) is 9.50. The van der Waals surface area contributed by atoms with E-state index in [2.05, 4.69) is 23.8 Å². The minimum absolute atomic E-state index is 0.00389. The molecule has 2 N–H and O–H groups in total. The van der Waals surface area contributed by atoms with E-state index in [4.69, 9.17) is 9.84 Å². The lowest BCUT2D eigenvalue weighted by atomic mass is 10.1. The third-order valence-corrected chi connectivity index (χ3v) is 4.67. The maximum atomic E-state index is 12.4. The number of pyridine rings is 1. The Morgan fingerprint density at radius 2 is 1.88 bits per heavy atom. The standard InChI is InChI=1S/C17H18N2O2S.C2H6.CH4O/c1-9(2)13-8-22-17(19-13)12-7-14(20)11-5-6-15(21-4)10(3)16(11)18-12;2*1-2/h5-9H,1-4H3,(H,18,20);1-2H3;2H,1H3. The normalized spacial score (nSPS) is 10.0. The van der Waals surface area contributed by atoms with Crippen LogP contribution in [0.1, 0.15) is 44.9 Å². The molecule has 0 radical (unpaired) electrons. The first kappa shape index (κ1) is 21.9. The Kier molecular flexibility index (Phi) is 8.48. The van der Waals surface area contributed by atoms with Crippen molar-refractivity contribution in [2.45, 2.75) is 40.5 Å². The van der Waals surface area contributed by atoms with Crippen LogP contribution in [-0.4, -0.2) is 29.3 Å². The van der Waals surface area contributed by atoms with Gasteiger partial charge in [0, 0.05) is 29.5 Å². The topological polar surface area (TPSA) is 75.2 Å². The Bertz CT molecular complexity index is 898. The fourth-order valence-electron chi connectivity index (χ4n) is 2.45. The summed E-state index contributed by atoms with van der Waals surface area (Å²) in [4.78, 5) is 20.3. The summed E-state index contributed by atoms with van der Waals surface area (Å²) < 4.78 is 5.34. The lowest BCUT2D eigenvalue weighted by molar-refractivity contribution is 0.399. The van der Waals surface area contributed by atoms with Gasteiger partial charge in [-0.3, -0.25) is 4.79 Å². The number of H-pyrrole nitrogens is 1. The number of hydrogen-bond donors (Lipinski definition) is 2. The van der Waals surface area contributed by atoms with Gasteiger partial charge in [0.05, 0.1) is 24.0 Å². The Labute approximate surface area is 158 Å². The molecule has 0 aliphatic rings. The van der Waals surface area contributed by atoms with Crippen molar-refractivity contribution in [2.75, 3.05) is 14.2 Å². The molecule has 0 amide bonds. The van der Waals surface area contributed by atoms with Crippen molar-refractivity contribution in [2.24, 2.45) is 0 Å². The summed E-state index contributed by atoms with van der Waals surface area (Å²) in [5.41, 5.74) is 3.53. The van der Waals surface area contributed by atoms with Gasteiger partial charge in [-0.25, -0.2) is 4.98 Å². The van der Waals surface area contributed by atoms with E-state index in [0.29, 0.717) is 11.3 Å². The van der Waals surface area contributed by atoms with Crippen molar-refractivity contribution in [3.05, 3.63) is 45.1 Å². The molecule has 2 aromatic heterocycles. The van der Waals surface area contributed by atoms with Crippen molar-refractivity contribution >= 4 is 22.2 Å². The molecule has 0 saturated heterocycles. The van der Waals surface area contributed by atoms with Gasteiger partial charge in [-0.15, -0.1) is 11.3 Å². The smallest absolute Gasteiger partial charge is 0.190 e. The minimum atomic E-state index is -0.00389. The number of nitrogens with one attached hydrogen (secondary N) is 1. The quantitative estimate of drug-likeness (QED) is 0.693. The van der Waals surface area contributed by atoms with Gasteiger partial charge in [0.2, 0.25) is 0 Å². The number of fused-ring (bicyclic) bond motifs is 1. The monoisotopic (exact) mass is 376 g/mol. The molecule has 0 fully saturated rings. The number of thiazole rings is 1. The van der Waals surface area contributed by atoms with Crippen LogP contribution in [0.4, 0.5) is 0 Å². The second-order valence-electron chi connectivity index (χ2n) is 5.59. The summed E-state index contributed by atoms with van der Waals surface area (Å²) in [6.45, 7) is 10.2. The van der Waals surface area contributed by atoms with Gasteiger partial charge in [-0.05, 0) is 25.0 Å². The van der Waals surface area contributed by atoms with E-state index >= 15 is 0 Å². The van der Waals surface area contributed by atoms with Gasteiger partial charge < -0.3 is 14.8 Å². The van der Waals surface area contributed by atoms with Crippen LogP contribution < -0.4 is 10.2 Å². The van der Waals surface area contributed by atoms with Crippen LogP contribution >= 0.6 is 11.3 Å². The Morgan fingerprint density at radius 1 is 1.23 bits per heavy atom. The van der Waals surface area contributed by atoms with Crippen LogP contribution in [-0.2, 0) is 0 Å². The van der Waals surface area contributed by atoms with Crippen molar-refractivity contribution in [1.82, 2.24) is 9.97 Å². The Balaban J connectivity index is 0.000000791. The highest BCUT2D eigenvalue weighted by molar-refractivity contribution is 7.13. The van der Waals surface area contributed by atoms with Crippen molar-refractivity contribution < 1.29 is 9.84 Å². The zero-order chi connectivity index (χ0) is 19.9. The van der Waals surface area contributed by atoms with E-state index in [1.165, 1.54) is 0 Å². The van der Waals surface area contributed by atoms with Crippen molar-refractivity contribution in [1.29, 1.82) is 0 Å². The number of aromatic nitrogens is 2. The summed E-state index contributed by atoms with van der Waals surface area (Å²) in [5, 5.41) is 10.5. The molecular formula is C20H28N2O3S. The van der Waals surface area contributed by atoms with E-state index in [-0.39, 0.29) is 5.43 Å². The van der Waals surface area contributed by atoms with E-state index in [0.717, 1.165) is 40.3 Å². The Hall–Kier alpha value is -2.18. The maximum Gasteiger partial charge on any atom is 0.190 e. The van der Waals surface area contributed by atoms with Crippen LogP contribution in [0, 0.1) is 6.92 Å². The minimum Gasteiger partial charge on any atom is -0.496 e. The number of rotatable bonds is 3. The molecule has 2 heterocycles. The summed E-state index contributed by atoms with van der Waals surface area (Å²) >= 11 is 1.55. The molecule has 6 heteroatoms. The van der Waals surface area contributed by atoms with E-state index in [9.17, 15) is 4.79 Å². The van der Waals surface area contributed by atoms with Crippen LogP contribution in [0.15, 0.2) is 28.4 Å². The maximum absolute atomic E-state index is 12.4.